The number of rotatable bonds is 1. The van der Waals surface area contributed by atoms with E-state index in [0.29, 0.717) is 5.56 Å². The Morgan fingerprint density at radius 2 is 1.69 bits per heavy atom. The van der Waals surface area contributed by atoms with Crippen LogP contribution in [0.2, 0.25) is 0 Å². The van der Waals surface area contributed by atoms with Gasteiger partial charge in [0, 0.05) is 0 Å². The number of esters is 1. The quantitative estimate of drug-likeness (QED) is 0.680. The monoisotopic (exact) mass is 228 g/mol. The largest absolute Gasteiger partial charge is 0.465 e. The molecule has 0 aliphatic rings. The van der Waals surface area contributed by atoms with Gasteiger partial charge >= 0.3 is 5.97 Å². The summed E-state index contributed by atoms with van der Waals surface area (Å²) in [6.07, 6.45) is 0. The van der Waals surface area contributed by atoms with Crippen LogP contribution in [0.1, 0.15) is 43.6 Å². The van der Waals surface area contributed by atoms with E-state index in [2.05, 4.69) is 4.74 Å². The number of carbonyl (C=O) groups excluding carboxylic acids is 1. The number of hydrogen-bond acceptors (Lipinski definition) is 2. The average molecular weight is 228 g/mol. The number of hydrogen-bond donors (Lipinski definition) is 0. The first-order chi connectivity index (χ1) is 7.66. The number of aryl methyl sites for hydroxylation is 1. The summed E-state index contributed by atoms with van der Waals surface area (Å²) in [4.78, 5) is 11.0. The Bertz CT molecular complexity index is 289. The summed E-state index contributed by atoms with van der Waals surface area (Å²) in [6.45, 7) is 9.66. The van der Waals surface area contributed by atoms with Gasteiger partial charge in [0.1, 0.15) is 5.82 Å². The zero-order valence-electron chi connectivity index (χ0n) is 10.9. The Morgan fingerprint density at radius 3 is 2.06 bits per heavy atom. The summed E-state index contributed by atoms with van der Waals surface area (Å²) in [5, 5.41) is 0. The predicted molar refractivity (Wildman–Crippen MR) is 65.2 cm³/mol. The van der Waals surface area contributed by atoms with Crippen LogP contribution in [0.5, 0.6) is 0 Å². The highest BCUT2D eigenvalue weighted by Gasteiger charge is 2.13. The Balaban J connectivity index is 0. The minimum atomic E-state index is -0.634. The minimum Gasteiger partial charge on any atom is -0.465 e. The molecule has 1 rings (SSSR count). The second-order valence-electron chi connectivity index (χ2n) is 2.42. The standard InChI is InChI=1S/C9H9FO2.2C2H6/c1-6-4-3-5-7(10)8(6)9(11)12-2;2*1-2/h3-5H,1-2H3;2*1-2H3. The Hall–Kier alpha value is -1.38. The molecule has 3 heteroatoms. The molecule has 0 N–H and O–H groups in total. The van der Waals surface area contributed by atoms with Crippen LogP contribution in [0.4, 0.5) is 4.39 Å². The average Bonchev–Trinajstić information content (AvgIpc) is 2.33. The predicted octanol–water partition coefficient (Wildman–Crippen LogP) is 3.97. The molecule has 0 amide bonds. The normalized spacial score (nSPS) is 7.94. The van der Waals surface area contributed by atoms with Crippen molar-refractivity contribution in [1.29, 1.82) is 0 Å². The van der Waals surface area contributed by atoms with E-state index in [0.717, 1.165) is 0 Å². The fourth-order valence-corrected chi connectivity index (χ4v) is 0.993. The van der Waals surface area contributed by atoms with Gasteiger partial charge < -0.3 is 4.74 Å². The molecule has 0 spiro atoms. The first-order valence-corrected chi connectivity index (χ1v) is 5.50. The maximum Gasteiger partial charge on any atom is 0.341 e. The van der Waals surface area contributed by atoms with Crippen LogP contribution in [0.25, 0.3) is 0 Å². The van der Waals surface area contributed by atoms with E-state index < -0.39 is 11.8 Å². The fourth-order valence-electron chi connectivity index (χ4n) is 0.993. The second-order valence-corrected chi connectivity index (χ2v) is 2.42. The highest BCUT2D eigenvalue weighted by atomic mass is 19.1. The van der Waals surface area contributed by atoms with Crippen LogP contribution >= 0.6 is 0 Å². The van der Waals surface area contributed by atoms with Gasteiger partial charge in [-0.3, -0.25) is 0 Å². The molecule has 92 valence electrons. The van der Waals surface area contributed by atoms with E-state index in [4.69, 9.17) is 0 Å². The lowest BCUT2D eigenvalue weighted by Crippen LogP contribution is -2.06. The molecule has 16 heavy (non-hydrogen) atoms. The number of ether oxygens (including phenoxy) is 1. The van der Waals surface area contributed by atoms with Gasteiger partial charge in [-0.2, -0.15) is 0 Å². The Kier molecular flexibility index (Phi) is 10.8. The summed E-state index contributed by atoms with van der Waals surface area (Å²) in [5.41, 5.74) is 0.599. The maximum atomic E-state index is 13.0. The lowest BCUT2D eigenvalue weighted by Gasteiger charge is -2.03. The number of carbonyl (C=O) groups is 1. The van der Waals surface area contributed by atoms with Gasteiger partial charge in [-0.15, -0.1) is 0 Å². The number of halogens is 1. The summed E-state index contributed by atoms with van der Waals surface area (Å²) in [5.74, 6) is -1.17. The van der Waals surface area contributed by atoms with Crippen molar-refractivity contribution in [2.24, 2.45) is 0 Å². The lowest BCUT2D eigenvalue weighted by atomic mass is 10.1. The van der Waals surface area contributed by atoms with Crippen molar-refractivity contribution in [3.8, 4) is 0 Å². The summed E-state index contributed by atoms with van der Waals surface area (Å²) < 4.78 is 17.4. The highest BCUT2D eigenvalue weighted by Crippen LogP contribution is 2.12. The maximum absolute atomic E-state index is 13.0. The molecule has 0 aliphatic heterocycles. The molecule has 0 heterocycles. The first-order valence-electron chi connectivity index (χ1n) is 5.50. The molecule has 0 bridgehead atoms. The SMILES string of the molecule is CC.CC.COC(=O)c1c(C)cccc1F. The third-order valence-electron chi connectivity index (χ3n) is 1.61. The molecule has 0 fully saturated rings. The topological polar surface area (TPSA) is 26.3 Å². The van der Waals surface area contributed by atoms with E-state index in [1.807, 2.05) is 27.7 Å². The van der Waals surface area contributed by atoms with E-state index in [9.17, 15) is 9.18 Å². The third kappa shape index (κ3) is 4.91. The molecule has 1 aromatic carbocycles. The highest BCUT2D eigenvalue weighted by molar-refractivity contribution is 5.91. The molecule has 0 unspecified atom stereocenters. The van der Waals surface area contributed by atoms with Crippen molar-refractivity contribution in [3.05, 3.63) is 35.1 Å². The van der Waals surface area contributed by atoms with Crippen LogP contribution in [0, 0.1) is 12.7 Å². The summed E-state index contributed by atoms with van der Waals surface area (Å²) >= 11 is 0. The van der Waals surface area contributed by atoms with Crippen molar-refractivity contribution in [2.75, 3.05) is 7.11 Å². The van der Waals surface area contributed by atoms with Gasteiger partial charge in [-0.05, 0) is 18.6 Å². The molecule has 0 radical (unpaired) electrons. The van der Waals surface area contributed by atoms with Crippen molar-refractivity contribution >= 4 is 5.97 Å². The van der Waals surface area contributed by atoms with Crippen LogP contribution in [-0.2, 0) is 4.74 Å². The molecular weight excluding hydrogens is 207 g/mol. The third-order valence-corrected chi connectivity index (χ3v) is 1.61. The van der Waals surface area contributed by atoms with E-state index >= 15 is 0 Å². The molecule has 0 saturated carbocycles. The minimum absolute atomic E-state index is 0.0139. The molecule has 0 aromatic heterocycles. The zero-order valence-corrected chi connectivity index (χ0v) is 10.9. The molecule has 0 aliphatic carbocycles. The van der Waals surface area contributed by atoms with Gasteiger partial charge in [-0.25, -0.2) is 9.18 Å². The van der Waals surface area contributed by atoms with E-state index in [1.165, 1.54) is 13.2 Å². The number of benzene rings is 1. The van der Waals surface area contributed by atoms with Gasteiger partial charge in [0.2, 0.25) is 0 Å². The van der Waals surface area contributed by atoms with Gasteiger partial charge in [0.15, 0.2) is 0 Å². The van der Waals surface area contributed by atoms with Crippen LogP contribution in [0.3, 0.4) is 0 Å². The van der Waals surface area contributed by atoms with Crippen LogP contribution in [0.15, 0.2) is 18.2 Å². The molecule has 0 atom stereocenters. The van der Waals surface area contributed by atoms with Crippen molar-refractivity contribution in [2.45, 2.75) is 34.6 Å². The van der Waals surface area contributed by atoms with Crippen molar-refractivity contribution < 1.29 is 13.9 Å². The Morgan fingerprint density at radius 1 is 1.19 bits per heavy atom. The van der Waals surface area contributed by atoms with Gasteiger partial charge in [0.25, 0.3) is 0 Å². The molecule has 0 saturated heterocycles. The molecular formula is C13H21FO2. The smallest absolute Gasteiger partial charge is 0.341 e. The van der Waals surface area contributed by atoms with Gasteiger partial charge in [-0.1, -0.05) is 39.8 Å². The Labute approximate surface area is 97.4 Å². The van der Waals surface area contributed by atoms with E-state index in [-0.39, 0.29) is 5.56 Å². The van der Waals surface area contributed by atoms with Crippen molar-refractivity contribution in [3.63, 3.8) is 0 Å². The fraction of sp³-hybridized carbons (Fsp3) is 0.462. The summed E-state index contributed by atoms with van der Waals surface area (Å²) in [6, 6.07) is 4.45. The lowest BCUT2D eigenvalue weighted by molar-refractivity contribution is 0.0594. The molecule has 1 aromatic rings. The van der Waals surface area contributed by atoms with Crippen LogP contribution in [-0.4, -0.2) is 13.1 Å². The van der Waals surface area contributed by atoms with Crippen LogP contribution < -0.4 is 0 Å². The summed E-state index contributed by atoms with van der Waals surface area (Å²) in [7, 11) is 1.23. The molecule has 2 nitrogen and oxygen atoms in total. The zero-order chi connectivity index (χ0) is 13.1. The second kappa shape index (κ2) is 10.1. The van der Waals surface area contributed by atoms with Crippen molar-refractivity contribution in [1.82, 2.24) is 0 Å². The number of methoxy groups -OCH3 is 1. The van der Waals surface area contributed by atoms with E-state index in [1.54, 1.807) is 19.1 Å². The van der Waals surface area contributed by atoms with Gasteiger partial charge in [0.05, 0.1) is 12.7 Å². The first kappa shape index (κ1) is 17.0.